The molecular weight excluding hydrogens is 565 g/mol. The summed E-state index contributed by atoms with van der Waals surface area (Å²) in [5.74, 6) is 0.105. The average molecular weight is 599 g/mol. The molecule has 0 saturated heterocycles. The van der Waals surface area contributed by atoms with E-state index in [0.717, 1.165) is 36.2 Å². The van der Waals surface area contributed by atoms with Gasteiger partial charge in [0.1, 0.15) is 25.8 Å². The van der Waals surface area contributed by atoms with Crippen LogP contribution < -0.4 is 19.1 Å². The molecule has 1 saturated carbocycles. The van der Waals surface area contributed by atoms with Crippen molar-refractivity contribution in [2.75, 3.05) is 30.3 Å². The van der Waals surface area contributed by atoms with Crippen LogP contribution in [0.5, 0.6) is 11.5 Å². The van der Waals surface area contributed by atoms with Crippen molar-refractivity contribution in [3.63, 3.8) is 0 Å². The maximum absolute atomic E-state index is 13.9. The van der Waals surface area contributed by atoms with Crippen molar-refractivity contribution in [3.8, 4) is 11.5 Å². The Morgan fingerprint density at radius 2 is 1.72 bits per heavy atom. The van der Waals surface area contributed by atoms with Crippen LogP contribution in [0.4, 0.5) is 5.69 Å². The third-order valence-corrected chi connectivity index (χ3v) is 8.80. The van der Waals surface area contributed by atoms with Crippen LogP contribution in [-0.2, 0) is 26.2 Å². The fourth-order valence-electron chi connectivity index (χ4n) is 4.92. The Kier molecular flexibility index (Phi) is 9.51. The van der Waals surface area contributed by atoms with E-state index >= 15 is 0 Å². The number of nitrogens with zero attached hydrogens (tertiary/aromatic N) is 2. The Balaban J connectivity index is 1.64. The number of benzene rings is 2. The molecule has 2 aromatic rings. The van der Waals surface area contributed by atoms with Crippen LogP contribution in [0.2, 0.25) is 10.0 Å². The van der Waals surface area contributed by atoms with Crippen LogP contribution in [0.15, 0.2) is 36.4 Å². The van der Waals surface area contributed by atoms with Gasteiger partial charge in [0.2, 0.25) is 21.8 Å². The normalized spacial score (nSPS) is 16.0. The van der Waals surface area contributed by atoms with E-state index in [1.165, 1.54) is 11.0 Å². The number of carbonyl (C=O) groups is 2. The first-order chi connectivity index (χ1) is 18.6. The summed E-state index contributed by atoms with van der Waals surface area (Å²) in [6.07, 6.45) is 5.27. The molecule has 1 fully saturated rings. The Hall–Kier alpha value is -2.69. The first kappa shape index (κ1) is 29.3. The second kappa shape index (κ2) is 12.7. The van der Waals surface area contributed by atoms with E-state index < -0.39 is 28.5 Å². The first-order valence-electron chi connectivity index (χ1n) is 13.0. The maximum atomic E-state index is 13.9. The molecule has 1 aliphatic carbocycles. The molecule has 1 aliphatic heterocycles. The lowest BCUT2D eigenvalue weighted by atomic mass is 10.1. The molecule has 1 N–H and O–H groups in total. The van der Waals surface area contributed by atoms with Crippen molar-refractivity contribution < 1.29 is 27.5 Å². The van der Waals surface area contributed by atoms with Crippen LogP contribution in [0.1, 0.15) is 44.6 Å². The van der Waals surface area contributed by atoms with Crippen LogP contribution in [0.25, 0.3) is 0 Å². The first-order valence-corrected chi connectivity index (χ1v) is 15.6. The average Bonchev–Trinajstić information content (AvgIpc) is 3.41. The van der Waals surface area contributed by atoms with Gasteiger partial charge in [-0.15, -0.1) is 0 Å². The largest absolute Gasteiger partial charge is 0.486 e. The number of fused-ring (bicyclic) bond motifs is 1. The highest BCUT2D eigenvalue weighted by Crippen LogP contribution is 2.35. The fourth-order valence-corrected chi connectivity index (χ4v) is 6.08. The van der Waals surface area contributed by atoms with E-state index in [0.29, 0.717) is 46.7 Å². The van der Waals surface area contributed by atoms with Crippen LogP contribution in [-0.4, -0.2) is 63.2 Å². The summed E-state index contributed by atoms with van der Waals surface area (Å²) in [5.41, 5.74) is 0.920. The molecule has 1 atom stereocenters. The van der Waals surface area contributed by atoms with Gasteiger partial charge in [-0.2, -0.15) is 0 Å². The molecule has 39 heavy (non-hydrogen) atoms. The summed E-state index contributed by atoms with van der Waals surface area (Å²) in [6, 6.07) is 8.97. The van der Waals surface area contributed by atoms with Crippen molar-refractivity contribution in [2.45, 2.75) is 57.7 Å². The predicted octanol–water partition coefficient (Wildman–Crippen LogP) is 4.40. The highest BCUT2D eigenvalue weighted by Gasteiger charge is 2.33. The van der Waals surface area contributed by atoms with Gasteiger partial charge in [0.25, 0.3) is 0 Å². The van der Waals surface area contributed by atoms with E-state index in [1.54, 1.807) is 30.3 Å². The summed E-state index contributed by atoms with van der Waals surface area (Å²) in [4.78, 5) is 28.7. The number of carbonyl (C=O) groups excluding carboxylic acids is 2. The second-order valence-corrected chi connectivity index (χ2v) is 12.5. The molecular formula is C27H33Cl2N3O6S. The topological polar surface area (TPSA) is 105 Å². The lowest BCUT2D eigenvalue weighted by molar-refractivity contribution is -0.140. The maximum Gasteiger partial charge on any atom is 0.244 e. The Labute approximate surface area is 239 Å². The molecule has 4 rings (SSSR count). The molecule has 0 aromatic heterocycles. The minimum Gasteiger partial charge on any atom is -0.486 e. The van der Waals surface area contributed by atoms with E-state index in [4.69, 9.17) is 32.7 Å². The summed E-state index contributed by atoms with van der Waals surface area (Å²) < 4.78 is 37.9. The van der Waals surface area contributed by atoms with Gasteiger partial charge >= 0.3 is 0 Å². The molecule has 0 bridgehead atoms. The zero-order valence-corrected chi connectivity index (χ0v) is 24.3. The van der Waals surface area contributed by atoms with Gasteiger partial charge in [0.05, 0.1) is 22.0 Å². The minimum atomic E-state index is -3.88. The van der Waals surface area contributed by atoms with Crippen LogP contribution >= 0.6 is 23.2 Å². The number of ether oxygens (including phenoxy) is 2. The third kappa shape index (κ3) is 7.29. The second-order valence-electron chi connectivity index (χ2n) is 9.78. The van der Waals surface area contributed by atoms with Crippen molar-refractivity contribution in [3.05, 3.63) is 52.0 Å². The molecule has 2 amide bonds. The van der Waals surface area contributed by atoms with Gasteiger partial charge < -0.3 is 19.7 Å². The number of amides is 2. The molecule has 2 aromatic carbocycles. The monoisotopic (exact) mass is 597 g/mol. The van der Waals surface area contributed by atoms with Gasteiger partial charge in [0.15, 0.2) is 11.5 Å². The molecule has 9 nitrogen and oxygen atoms in total. The van der Waals surface area contributed by atoms with Gasteiger partial charge in [-0.1, -0.05) is 49.0 Å². The smallest absolute Gasteiger partial charge is 0.244 e. The lowest BCUT2D eigenvalue weighted by Crippen LogP contribution is -2.53. The van der Waals surface area contributed by atoms with Gasteiger partial charge in [-0.3, -0.25) is 13.9 Å². The zero-order valence-electron chi connectivity index (χ0n) is 22.0. The summed E-state index contributed by atoms with van der Waals surface area (Å²) in [5, 5.41) is 3.76. The minimum absolute atomic E-state index is 0.0467. The Morgan fingerprint density at radius 1 is 1.03 bits per heavy atom. The number of anilines is 1. The fraction of sp³-hybridized carbons (Fsp3) is 0.481. The number of sulfonamides is 1. The third-order valence-electron chi connectivity index (χ3n) is 6.92. The van der Waals surface area contributed by atoms with Crippen molar-refractivity contribution >= 4 is 50.7 Å². The van der Waals surface area contributed by atoms with Crippen LogP contribution in [0.3, 0.4) is 0 Å². The molecule has 0 unspecified atom stereocenters. The van der Waals surface area contributed by atoms with Crippen molar-refractivity contribution in [2.24, 2.45) is 0 Å². The number of hydrogen-bond acceptors (Lipinski definition) is 6. The SMILES string of the molecule is CC[C@@H](C(=O)NC1CCCC1)N(Cc1ccc(Cl)c(Cl)c1)C(=O)CN(c1ccc2c(c1)OCCO2)S(C)(=O)=O. The molecule has 1 heterocycles. The van der Waals surface area contributed by atoms with Crippen molar-refractivity contribution in [1.29, 1.82) is 0 Å². The zero-order chi connectivity index (χ0) is 28.2. The van der Waals surface area contributed by atoms with Crippen LogP contribution in [0, 0.1) is 0 Å². The molecule has 2 aliphatic rings. The summed E-state index contributed by atoms with van der Waals surface area (Å²) in [7, 11) is -3.88. The van der Waals surface area contributed by atoms with E-state index in [2.05, 4.69) is 5.32 Å². The highest BCUT2D eigenvalue weighted by atomic mass is 35.5. The van der Waals surface area contributed by atoms with E-state index in [9.17, 15) is 18.0 Å². The highest BCUT2D eigenvalue weighted by molar-refractivity contribution is 7.92. The van der Waals surface area contributed by atoms with E-state index in [1.807, 2.05) is 6.92 Å². The van der Waals surface area contributed by atoms with Gasteiger partial charge in [0, 0.05) is 18.7 Å². The standard InChI is InChI=1S/C27H33Cl2N3O6S/c1-3-23(27(34)30-19-6-4-5-7-19)31(16-18-8-10-21(28)22(29)14-18)26(33)17-32(39(2,35)36)20-9-11-24-25(15-20)38-13-12-37-24/h8-11,14-15,19,23H,3-7,12-13,16-17H2,1-2H3,(H,30,34)/t23-/m0/s1. The Bertz CT molecular complexity index is 1320. The van der Waals surface area contributed by atoms with Crippen molar-refractivity contribution in [1.82, 2.24) is 10.2 Å². The molecule has 212 valence electrons. The molecule has 12 heteroatoms. The number of halogens is 2. The molecule has 0 spiro atoms. The summed E-state index contributed by atoms with van der Waals surface area (Å²) in [6.45, 7) is 2.09. The number of nitrogens with one attached hydrogen (secondary N) is 1. The van der Waals surface area contributed by atoms with E-state index in [-0.39, 0.29) is 24.2 Å². The number of rotatable bonds is 10. The number of hydrogen-bond donors (Lipinski definition) is 1. The predicted molar refractivity (Wildman–Crippen MR) is 151 cm³/mol. The summed E-state index contributed by atoms with van der Waals surface area (Å²) >= 11 is 12.3. The Morgan fingerprint density at radius 3 is 2.36 bits per heavy atom. The lowest BCUT2D eigenvalue weighted by Gasteiger charge is -2.33. The van der Waals surface area contributed by atoms with Gasteiger partial charge in [-0.05, 0) is 49.1 Å². The van der Waals surface area contributed by atoms with Gasteiger partial charge in [-0.25, -0.2) is 8.42 Å². The molecule has 0 radical (unpaired) electrons. The quantitative estimate of drug-likeness (QED) is 0.435.